The second kappa shape index (κ2) is 5.09. The summed E-state index contributed by atoms with van der Waals surface area (Å²) >= 11 is 6.77. The third kappa shape index (κ3) is 2.81. The predicted molar refractivity (Wildman–Crippen MR) is 63.7 cm³/mol. The summed E-state index contributed by atoms with van der Waals surface area (Å²) in [5, 5.41) is 0.885. The average molecular weight is 251 g/mol. The Morgan fingerprint density at radius 3 is 2.75 bits per heavy atom. The van der Waals surface area contributed by atoms with Crippen LogP contribution >= 0.6 is 23.4 Å². The lowest BCUT2D eigenvalue weighted by atomic mass is 10.3. The summed E-state index contributed by atoms with van der Waals surface area (Å²) in [6.07, 6.45) is 3.16. The smallest absolute Gasteiger partial charge is 0.225 e. The van der Waals surface area contributed by atoms with Gasteiger partial charge in [-0.2, -0.15) is 0 Å². The van der Waals surface area contributed by atoms with Gasteiger partial charge >= 0.3 is 0 Å². The van der Waals surface area contributed by atoms with E-state index in [1.807, 2.05) is 6.07 Å². The van der Waals surface area contributed by atoms with Gasteiger partial charge in [0, 0.05) is 18.0 Å². The summed E-state index contributed by atoms with van der Waals surface area (Å²) in [6.45, 7) is 0. The molecule has 5 heteroatoms. The molecule has 2 rings (SSSR count). The molecule has 0 amide bonds. The minimum atomic E-state index is -0.0944. The maximum absolute atomic E-state index is 11.8. The molecule has 0 spiro atoms. The van der Waals surface area contributed by atoms with Crippen molar-refractivity contribution >= 4 is 28.5 Å². The molecule has 0 saturated carbocycles. The van der Waals surface area contributed by atoms with E-state index in [1.54, 1.807) is 30.5 Å². The van der Waals surface area contributed by atoms with Gasteiger partial charge in [-0.05, 0) is 36.0 Å². The molecule has 0 unspecified atom stereocenters. The van der Waals surface area contributed by atoms with Crippen LogP contribution in [0.15, 0.2) is 47.8 Å². The highest BCUT2D eigenvalue weighted by Crippen LogP contribution is 2.21. The molecule has 0 aromatic carbocycles. The Morgan fingerprint density at radius 1 is 1.19 bits per heavy atom. The Kier molecular flexibility index (Phi) is 3.54. The summed E-state index contributed by atoms with van der Waals surface area (Å²) in [5.41, 5.74) is 0.524. The average Bonchev–Trinajstić information content (AvgIpc) is 2.30. The lowest BCUT2D eigenvalue weighted by Gasteiger charge is -1.99. The number of pyridine rings is 2. The molecule has 80 valence electrons. The molecule has 0 saturated heterocycles. The van der Waals surface area contributed by atoms with Gasteiger partial charge in [-0.25, -0.2) is 9.97 Å². The molecule has 0 aliphatic carbocycles. The van der Waals surface area contributed by atoms with Crippen LogP contribution in [0.4, 0.5) is 0 Å². The first-order valence-electron chi connectivity index (χ1n) is 4.50. The van der Waals surface area contributed by atoms with Gasteiger partial charge in [-0.1, -0.05) is 17.7 Å². The van der Waals surface area contributed by atoms with Crippen molar-refractivity contribution in [2.75, 3.05) is 0 Å². The van der Waals surface area contributed by atoms with Gasteiger partial charge in [0.05, 0.1) is 0 Å². The number of thioether (sulfide) groups is 1. The van der Waals surface area contributed by atoms with Crippen molar-refractivity contribution in [2.24, 2.45) is 0 Å². The molecule has 0 aliphatic rings. The van der Waals surface area contributed by atoms with Crippen LogP contribution in [-0.4, -0.2) is 15.1 Å². The largest absolute Gasteiger partial charge is 0.281 e. The van der Waals surface area contributed by atoms with Crippen LogP contribution in [0.25, 0.3) is 0 Å². The first-order valence-corrected chi connectivity index (χ1v) is 5.70. The lowest BCUT2D eigenvalue weighted by Crippen LogP contribution is -1.94. The summed E-state index contributed by atoms with van der Waals surface area (Å²) in [4.78, 5) is 19.7. The molecular weight excluding hydrogens is 244 g/mol. The van der Waals surface area contributed by atoms with Crippen molar-refractivity contribution < 1.29 is 4.79 Å². The van der Waals surface area contributed by atoms with Gasteiger partial charge in [0.2, 0.25) is 5.12 Å². The van der Waals surface area contributed by atoms with Crippen LogP contribution in [0.1, 0.15) is 10.4 Å². The highest BCUT2D eigenvalue weighted by molar-refractivity contribution is 8.14. The molecule has 16 heavy (non-hydrogen) atoms. The Hall–Kier alpha value is -1.39. The fourth-order valence-corrected chi connectivity index (χ4v) is 1.96. The number of carbonyl (C=O) groups is 1. The standard InChI is InChI=1S/C11H7ClN2OS/c12-9-7-8(4-6-13-9)11(15)16-10-3-1-2-5-14-10/h1-7H. The van der Waals surface area contributed by atoms with Gasteiger partial charge in [0.1, 0.15) is 10.2 Å². The van der Waals surface area contributed by atoms with E-state index < -0.39 is 0 Å². The topological polar surface area (TPSA) is 42.9 Å². The van der Waals surface area contributed by atoms with E-state index in [-0.39, 0.29) is 5.12 Å². The number of rotatable bonds is 2. The quantitative estimate of drug-likeness (QED) is 0.607. The Morgan fingerprint density at radius 2 is 2.06 bits per heavy atom. The van der Waals surface area contributed by atoms with E-state index in [0.29, 0.717) is 15.7 Å². The molecule has 0 bridgehead atoms. The SMILES string of the molecule is O=C(Sc1ccccn1)c1ccnc(Cl)c1. The van der Waals surface area contributed by atoms with Gasteiger partial charge in [-0.3, -0.25) is 4.79 Å². The highest BCUT2D eigenvalue weighted by Gasteiger charge is 2.09. The monoisotopic (exact) mass is 250 g/mol. The van der Waals surface area contributed by atoms with Crippen LogP contribution in [0.2, 0.25) is 5.15 Å². The Balaban J connectivity index is 2.15. The summed E-state index contributed by atoms with van der Waals surface area (Å²) in [6, 6.07) is 8.59. The zero-order valence-corrected chi connectivity index (χ0v) is 9.70. The number of halogens is 1. The van der Waals surface area contributed by atoms with Crippen LogP contribution in [-0.2, 0) is 0 Å². The fourth-order valence-electron chi connectivity index (χ4n) is 1.09. The molecular formula is C11H7ClN2OS. The maximum Gasteiger partial charge on any atom is 0.225 e. The van der Waals surface area contributed by atoms with E-state index in [0.717, 1.165) is 11.8 Å². The third-order valence-corrected chi connectivity index (χ3v) is 2.88. The van der Waals surface area contributed by atoms with Crippen LogP contribution in [0.5, 0.6) is 0 Å². The number of hydrogen-bond donors (Lipinski definition) is 0. The summed E-state index contributed by atoms with van der Waals surface area (Å²) in [5.74, 6) is 0. The van der Waals surface area contributed by atoms with Crippen molar-refractivity contribution in [3.05, 3.63) is 53.4 Å². The van der Waals surface area contributed by atoms with Crippen molar-refractivity contribution in [3.63, 3.8) is 0 Å². The molecule has 0 fully saturated rings. The molecule has 2 aromatic heterocycles. The molecule has 0 aliphatic heterocycles. The maximum atomic E-state index is 11.8. The van der Waals surface area contributed by atoms with Gasteiger partial charge in [-0.15, -0.1) is 0 Å². The number of nitrogens with zero attached hydrogens (tertiary/aromatic N) is 2. The molecule has 2 heterocycles. The van der Waals surface area contributed by atoms with E-state index >= 15 is 0 Å². The highest BCUT2D eigenvalue weighted by atomic mass is 35.5. The minimum Gasteiger partial charge on any atom is -0.281 e. The van der Waals surface area contributed by atoms with Gasteiger partial charge in [0.25, 0.3) is 0 Å². The first kappa shape index (κ1) is 11.1. The van der Waals surface area contributed by atoms with Crippen LogP contribution in [0, 0.1) is 0 Å². The van der Waals surface area contributed by atoms with E-state index in [2.05, 4.69) is 9.97 Å². The zero-order chi connectivity index (χ0) is 11.4. The van der Waals surface area contributed by atoms with Gasteiger partial charge < -0.3 is 0 Å². The predicted octanol–water partition coefficient (Wildman–Crippen LogP) is 3.06. The molecule has 0 N–H and O–H groups in total. The number of aromatic nitrogens is 2. The zero-order valence-electron chi connectivity index (χ0n) is 8.13. The van der Waals surface area contributed by atoms with E-state index in [1.165, 1.54) is 6.20 Å². The minimum absolute atomic E-state index is 0.0944. The third-order valence-electron chi connectivity index (χ3n) is 1.80. The van der Waals surface area contributed by atoms with Crippen molar-refractivity contribution in [1.29, 1.82) is 0 Å². The van der Waals surface area contributed by atoms with E-state index in [4.69, 9.17) is 11.6 Å². The second-order valence-electron chi connectivity index (χ2n) is 2.92. The first-order chi connectivity index (χ1) is 7.75. The van der Waals surface area contributed by atoms with Crippen LogP contribution in [0.3, 0.4) is 0 Å². The molecule has 2 aromatic rings. The summed E-state index contributed by atoms with van der Waals surface area (Å²) in [7, 11) is 0. The Labute approximate surface area is 102 Å². The summed E-state index contributed by atoms with van der Waals surface area (Å²) < 4.78 is 0. The van der Waals surface area contributed by atoms with Crippen molar-refractivity contribution in [3.8, 4) is 0 Å². The normalized spacial score (nSPS) is 10.1. The number of hydrogen-bond acceptors (Lipinski definition) is 4. The van der Waals surface area contributed by atoms with Gasteiger partial charge in [0.15, 0.2) is 0 Å². The van der Waals surface area contributed by atoms with Crippen molar-refractivity contribution in [2.45, 2.75) is 5.03 Å². The van der Waals surface area contributed by atoms with Crippen molar-refractivity contribution in [1.82, 2.24) is 9.97 Å². The van der Waals surface area contributed by atoms with Crippen LogP contribution < -0.4 is 0 Å². The molecule has 0 radical (unpaired) electrons. The second-order valence-corrected chi connectivity index (χ2v) is 4.31. The molecule has 3 nitrogen and oxygen atoms in total. The fraction of sp³-hybridized carbons (Fsp3) is 0. The Bertz CT molecular complexity index is 504. The number of carbonyl (C=O) groups excluding carboxylic acids is 1. The van der Waals surface area contributed by atoms with E-state index in [9.17, 15) is 4.79 Å². The lowest BCUT2D eigenvalue weighted by molar-refractivity contribution is 0.108. The molecule has 0 atom stereocenters.